The van der Waals surface area contributed by atoms with Crippen LogP contribution in [0.25, 0.3) is 0 Å². The van der Waals surface area contributed by atoms with Crippen LogP contribution in [0, 0.1) is 11.3 Å². The molecule has 1 atom stereocenters. The third kappa shape index (κ3) is 5.58. The van der Waals surface area contributed by atoms with E-state index in [0.717, 1.165) is 44.4 Å². The molecule has 2 aliphatic rings. The number of rotatable bonds is 3. The summed E-state index contributed by atoms with van der Waals surface area (Å²) in [7, 11) is 1.82. The van der Waals surface area contributed by atoms with E-state index < -0.39 is 0 Å². The van der Waals surface area contributed by atoms with E-state index in [2.05, 4.69) is 18.7 Å². The number of halogens is 1. The van der Waals surface area contributed by atoms with Crippen LogP contribution >= 0.6 is 24.0 Å². The maximum Gasteiger partial charge on any atom is 0.191 e. The molecule has 2 rings (SSSR count). The number of methoxy groups -OCH3 is 1. The lowest BCUT2D eigenvalue weighted by Gasteiger charge is -2.36. The largest absolute Gasteiger partial charge is 0.381 e. The van der Waals surface area contributed by atoms with Crippen LogP contribution in [0.2, 0.25) is 0 Å². The van der Waals surface area contributed by atoms with Gasteiger partial charge in [-0.3, -0.25) is 4.99 Å². The van der Waals surface area contributed by atoms with Gasteiger partial charge in [-0.1, -0.05) is 13.8 Å². The SMILES string of the molecule is COC1CCC(C)(CN=C(N)N2CCCC(C)C2)CC1.I. The highest BCUT2D eigenvalue weighted by molar-refractivity contribution is 14.0. The Hall–Kier alpha value is -0.0400. The summed E-state index contributed by atoms with van der Waals surface area (Å²) in [6.07, 6.45) is 7.71. The first-order valence-electron chi connectivity index (χ1n) is 8.10. The number of piperidine rings is 1. The summed E-state index contributed by atoms with van der Waals surface area (Å²) in [5, 5.41) is 0. The second-order valence-electron chi connectivity index (χ2n) is 7.11. The minimum atomic E-state index is 0. The molecule has 124 valence electrons. The normalized spacial score (nSPS) is 34.4. The number of aliphatic imine (C=N–C) groups is 1. The number of nitrogens with two attached hydrogens (primary N) is 1. The van der Waals surface area contributed by atoms with E-state index in [1.165, 1.54) is 25.7 Å². The van der Waals surface area contributed by atoms with Gasteiger partial charge in [-0.15, -0.1) is 24.0 Å². The Labute approximate surface area is 146 Å². The van der Waals surface area contributed by atoms with Gasteiger partial charge in [0, 0.05) is 26.7 Å². The number of guanidine groups is 1. The average Bonchev–Trinajstić information content (AvgIpc) is 2.46. The van der Waals surface area contributed by atoms with Crippen LogP contribution in [0.1, 0.15) is 52.4 Å². The molecule has 1 aliphatic carbocycles. The Morgan fingerprint density at radius 1 is 1.33 bits per heavy atom. The van der Waals surface area contributed by atoms with Crippen molar-refractivity contribution in [2.45, 2.75) is 58.5 Å². The monoisotopic (exact) mass is 409 g/mol. The van der Waals surface area contributed by atoms with Crippen LogP contribution in [0.15, 0.2) is 4.99 Å². The van der Waals surface area contributed by atoms with Crippen LogP contribution < -0.4 is 5.73 Å². The highest BCUT2D eigenvalue weighted by atomic mass is 127. The van der Waals surface area contributed by atoms with Crippen molar-refractivity contribution in [3.8, 4) is 0 Å². The first kappa shape index (κ1) is 19.0. The molecular weight excluding hydrogens is 377 g/mol. The first-order valence-corrected chi connectivity index (χ1v) is 8.10. The maximum absolute atomic E-state index is 6.19. The molecule has 4 nitrogen and oxygen atoms in total. The lowest BCUT2D eigenvalue weighted by molar-refractivity contribution is 0.0352. The molecule has 1 aliphatic heterocycles. The van der Waals surface area contributed by atoms with Crippen LogP contribution in [0.4, 0.5) is 0 Å². The third-order valence-electron chi connectivity index (χ3n) is 5.08. The summed E-state index contributed by atoms with van der Waals surface area (Å²) >= 11 is 0. The van der Waals surface area contributed by atoms with Gasteiger partial charge in [0.05, 0.1) is 6.10 Å². The van der Waals surface area contributed by atoms with Crippen molar-refractivity contribution in [3.05, 3.63) is 0 Å². The van der Waals surface area contributed by atoms with Gasteiger partial charge >= 0.3 is 0 Å². The van der Waals surface area contributed by atoms with E-state index in [1.807, 2.05) is 7.11 Å². The van der Waals surface area contributed by atoms with Crippen LogP contribution in [0.5, 0.6) is 0 Å². The van der Waals surface area contributed by atoms with Gasteiger partial charge in [0.1, 0.15) is 0 Å². The topological polar surface area (TPSA) is 50.9 Å². The van der Waals surface area contributed by atoms with E-state index >= 15 is 0 Å². The van der Waals surface area contributed by atoms with Crippen LogP contribution in [-0.2, 0) is 4.74 Å². The number of hydrogen-bond acceptors (Lipinski definition) is 2. The molecule has 0 aromatic carbocycles. The van der Waals surface area contributed by atoms with Gasteiger partial charge in [0.2, 0.25) is 0 Å². The van der Waals surface area contributed by atoms with Crippen molar-refractivity contribution < 1.29 is 4.74 Å². The standard InChI is InChI=1S/C16H31N3O.HI/c1-13-5-4-10-19(11-13)15(17)18-12-16(2)8-6-14(20-3)7-9-16;/h13-14H,4-12H2,1-3H3,(H2,17,18);1H. The van der Waals surface area contributed by atoms with E-state index in [0.29, 0.717) is 11.5 Å². The fourth-order valence-corrected chi connectivity index (χ4v) is 3.45. The Kier molecular flexibility index (Phi) is 7.74. The molecule has 0 radical (unpaired) electrons. The van der Waals surface area contributed by atoms with Crippen molar-refractivity contribution in [1.82, 2.24) is 4.90 Å². The molecule has 5 heteroatoms. The molecule has 2 fully saturated rings. The highest BCUT2D eigenvalue weighted by Gasteiger charge is 2.31. The molecule has 0 aromatic heterocycles. The summed E-state index contributed by atoms with van der Waals surface area (Å²) in [5.74, 6) is 1.50. The lowest BCUT2D eigenvalue weighted by atomic mass is 9.75. The summed E-state index contributed by atoms with van der Waals surface area (Å²) < 4.78 is 5.45. The summed E-state index contributed by atoms with van der Waals surface area (Å²) in [6.45, 7) is 7.64. The van der Waals surface area contributed by atoms with Gasteiger partial charge in [0.15, 0.2) is 5.96 Å². The number of nitrogens with zero attached hydrogens (tertiary/aromatic N) is 2. The van der Waals surface area contributed by atoms with Crippen LogP contribution in [0.3, 0.4) is 0 Å². The quantitative estimate of drug-likeness (QED) is 0.442. The lowest BCUT2D eigenvalue weighted by Crippen LogP contribution is -2.44. The summed E-state index contributed by atoms with van der Waals surface area (Å²) in [5.41, 5.74) is 6.50. The molecule has 0 spiro atoms. The van der Waals surface area contributed by atoms with Crippen molar-refractivity contribution in [3.63, 3.8) is 0 Å². The zero-order valence-corrected chi connectivity index (χ0v) is 16.1. The number of ether oxygens (including phenoxy) is 1. The Balaban J connectivity index is 0.00000220. The molecular formula is C16H32IN3O. The molecule has 1 heterocycles. The van der Waals surface area contributed by atoms with Gasteiger partial charge < -0.3 is 15.4 Å². The Bertz CT molecular complexity index is 340. The summed E-state index contributed by atoms with van der Waals surface area (Å²) in [6, 6.07) is 0. The highest BCUT2D eigenvalue weighted by Crippen LogP contribution is 2.37. The van der Waals surface area contributed by atoms with E-state index in [4.69, 9.17) is 15.5 Å². The zero-order valence-electron chi connectivity index (χ0n) is 13.8. The van der Waals surface area contributed by atoms with Gasteiger partial charge in [0.25, 0.3) is 0 Å². The molecule has 1 saturated heterocycles. The minimum absolute atomic E-state index is 0. The van der Waals surface area contributed by atoms with Crippen molar-refractivity contribution in [1.29, 1.82) is 0 Å². The molecule has 21 heavy (non-hydrogen) atoms. The molecule has 0 aromatic rings. The van der Waals surface area contributed by atoms with Gasteiger partial charge in [-0.05, 0) is 49.9 Å². The maximum atomic E-state index is 6.19. The first-order chi connectivity index (χ1) is 9.52. The van der Waals surface area contributed by atoms with Crippen molar-refractivity contribution in [2.75, 3.05) is 26.7 Å². The minimum Gasteiger partial charge on any atom is -0.381 e. The van der Waals surface area contributed by atoms with Crippen LogP contribution in [-0.4, -0.2) is 43.7 Å². The van der Waals surface area contributed by atoms with Crippen molar-refractivity contribution >= 4 is 29.9 Å². The van der Waals surface area contributed by atoms with E-state index in [-0.39, 0.29) is 24.0 Å². The molecule has 2 N–H and O–H groups in total. The second kappa shape index (κ2) is 8.56. The van der Waals surface area contributed by atoms with Crippen molar-refractivity contribution in [2.24, 2.45) is 22.1 Å². The Morgan fingerprint density at radius 2 is 2.00 bits per heavy atom. The predicted octanol–water partition coefficient (Wildman–Crippen LogP) is 3.25. The third-order valence-corrected chi connectivity index (χ3v) is 5.08. The van der Waals surface area contributed by atoms with E-state index in [1.54, 1.807) is 0 Å². The fraction of sp³-hybridized carbons (Fsp3) is 0.938. The molecule has 0 amide bonds. The average molecular weight is 409 g/mol. The smallest absolute Gasteiger partial charge is 0.191 e. The molecule has 0 bridgehead atoms. The second-order valence-corrected chi connectivity index (χ2v) is 7.11. The number of hydrogen-bond donors (Lipinski definition) is 1. The fourth-order valence-electron chi connectivity index (χ4n) is 3.45. The zero-order chi connectivity index (χ0) is 14.6. The predicted molar refractivity (Wildman–Crippen MR) is 99.2 cm³/mol. The van der Waals surface area contributed by atoms with Gasteiger partial charge in [-0.2, -0.15) is 0 Å². The Morgan fingerprint density at radius 3 is 2.57 bits per heavy atom. The molecule has 1 unspecified atom stereocenters. The van der Waals surface area contributed by atoms with E-state index in [9.17, 15) is 0 Å². The summed E-state index contributed by atoms with van der Waals surface area (Å²) in [4.78, 5) is 6.97. The number of likely N-dealkylation sites (tertiary alicyclic amines) is 1. The molecule has 1 saturated carbocycles. The van der Waals surface area contributed by atoms with Gasteiger partial charge in [-0.25, -0.2) is 0 Å².